The normalized spacial score (nSPS) is 37.4. The minimum Gasteiger partial charge on any atom is -0.457 e. The van der Waals surface area contributed by atoms with Gasteiger partial charge in [-0.2, -0.15) is 0 Å². The average Bonchev–Trinajstić information content (AvgIpc) is 3.59. The number of thioether (sulfide) groups is 1. The number of allylic oxidation sites excluding steroid dienone is 4. The minimum absolute atomic E-state index is 0.00208. The van der Waals surface area contributed by atoms with E-state index < -0.39 is 69.0 Å². The van der Waals surface area contributed by atoms with E-state index in [1.807, 2.05) is 20.8 Å². The maximum atomic E-state index is 17.7. The zero-order valence-electron chi connectivity index (χ0n) is 27.6. The first-order valence-corrected chi connectivity index (χ1v) is 16.9. The van der Waals surface area contributed by atoms with Crippen molar-refractivity contribution in [1.29, 1.82) is 0 Å². The van der Waals surface area contributed by atoms with E-state index in [4.69, 9.17) is 13.9 Å². The first-order chi connectivity index (χ1) is 21.9. The molecule has 0 saturated heterocycles. The van der Waals surface area contributed by atoms with Crippen molar-refractivity contribution in [3.05, 3.63) is 48.0 Å². The zero-order chi connectivity index (χ0) is 34.6. The fraction of sp³-hybridized carbons (Fsp3) is 0.611. The van der Waals surface area contributed by atoms with Crippen LogP contribution in [0.2, 0.25) is 0 Å². The molecule has 8 nitrogen and oxygen atoms in total. The number of carbonyl (C=O) groups excluding carboxylic acids is 4. The summed E-state index contributed by atoms with van der Waals surface area (Å²) < 4.78 is 50.2. The van der Waals surface area contributed by atoms with Gasteiger partial charge in [-0.1, -0.05) is 64.3 Å². The van der Waals surface area contributed by atoms with E-state index in [1.165, 1.54) is 37.5 Å². The van der Waals surface area contributed by atoms with Gasteiger partial charge in [-0.3, -0.25) is 14.4 Å². The van der Waals surface area contributed by atoms with Crippen LogP contribution in [0.4, 0.5) is 8.78 Å². The predicted octanol–water partition coefficient (Wildman–Crippen LogP) is 5.98. The van der Waals surface area contributed by atoms with Gasteiger partial charge in [-0.25, -0.2) is 13.6 Å². The van der Waals surface area contributed by atoms with E-state index in [0.29, 0.717) is 0 Å². The lowest BCUT2D eigenvalue weighted by Gasteiger charge is -2.63. The third-order valence-electron chi connectivity index (χ3n) is 10.8. The van der Waals surface area contributed by atoms with Crippen LogP contribution in [0.15, 0.2) is 46.6 Å². The number of hydrogen-bond donors (Lipinski definition) is 1. The van der Waals surface area contributed by atoms with Gasteiger partial charge in [-0.05, 0) is 67.4 Å². The Hall–Kier alpha value is -3.23. The molecule has 4 aliphatic carbocycles. The second-order valence-electron chi connectivity index (χ2n) is 14.9. The standard InChI is InChI=1S/C36H42F2O8S/c1-21-16-23-24-18-26(37)25-17-22(39)11-12-33(25,5)35(24,38)28(40)19-34(23,6)36(21,46-30(42)27-10-9-14-44-27)31(43)47-15-8-7-13-45-29(41)20-32(2,3)4/h9-12,14,17,21,23-24,26,28,40H,13,15-16,18-20H2,1-6H3/t21-,23+,24+,26+,28+,33+,34+,35+,36+/m1/s1. The number of aliphatic hydroxyl groups is 1. The fourth-order valence-electron chi connectivity index (χ4n) is 8.72. The van der Waals surface area contributed by atoms with Crippen LogP contribution in [0.1, 0.15) is 77.8 Å². The molecule has 0 aliphatic heterocycles. The van der Waals surface area contributed by atoms with Crippen molar-refractivity contribution in [3.63, 3.8) is 0 Å². The number of fused-ring (bicyclic) bond motifs is 5. The van der Waals surface area contributed by atoms with Gasteiger partial charge in [0.15, 0.2) is 23.7 Å². The summed E-state index contributed by atoms with van der Waals surface area (Å²) in [6.07, 6.45) is 1.55. The minimum atomic E-state index is -2.35. The monoisotopic (exact) mass is 672 g/mol. The fourth-order valence-corrected chi connectivity index (χ4v) is 9.72. The van der Waals surface area contributed by atoms with Crippen molar-refractivity contribution < 1.29 is 47.0 Å². The summed E-state index contributed by atoms with van der Waals surface area (Å²) in [5, 5.41) is 11.2. The van der Waals surface area contributed by atoms with Gasteiger partial charge in [0.1, 0.15) is 6.17 Å². The van der Waals surface area contributed by atoms with Crippen LogP contribution in [0, 0.1) is 45.8 Å². The molecule has 47 heavy (non-hydrogen) atoms. The highest BCUT2D eigenvalue weighted by Gasteiger charge is 2.78. The lowest BCUT2D eigenvalue weighted by atomic mass is 9.44. The van der Waals surface area contributed by atoms with Crippen LogP contribution in [-0.2, 0) is 23.9 Å². The molecule has 11 heteroatoms. The summed E-state index contributed by atoms with van der Waals surface area (Å²) in [6, 6.07) is 2.91. The van der Waals surface area contributed by atoms with Gasteiger partial charge in [0, 0.05) is 22.7 Å². The highest BCUT2D eigenvalue weighted by Crippen LogP contribution is 2.72. The Morgan fingerprint density at radius 2 is 1.89 bits per heavy atom. The molecule has 4 aliphatic rings. The summed E-state index contributed by atoms with van der Waals surface area (Å²) in [5.41, 5.74) is -7.33. The van der Waals surface area contributed by atoms with Crippen molar-refractivity contribution in [1.82, 2.24) is 0 Å². The largest absolute Gasteiger partial charge is 0.457 e. The van der Waals surface area contributed by atoms with Crippen LogP contribution in [0.3, 0.4) is 0 Å². The topological polar surface area (TPSA) is 120 Å². The van der Waals surface area contributed by atoms with Crippen LogP contribution in [0.5, 0.6) is 0 Å². The van der Waals surface area contributed by atoms with Gasteiger partial charge in [0.05, 0.1) is 24.5 Å². The van der Waals surface area contributed by atoms with Gasteiger partial charge < -0.3 is 19.0 Å². The number of esters is 2. The molecule has 0 aromatic carbocycles. The van der Waals surface area contributed by atoms with Gasteiger partial charge in [0.25, 0.3) is 0 Å². The molecule has 3 fully saturated rings. The summed E-state index contributed by atoms with van der Waals surface area (Å²) >= 11 is 0.818. The highest BCUT2D eigenvalue weighted by atomic mass is 32.2. The van der Waals surface area contributed by atoms with Crippen LogP contribution in [0.25, 0.3) is 0 Å². The van der Waals surface area contributed by atoms with E-state index >= 15 is 8.78 Å². The van der Waals surface area contributed by atoms with Crippen molar-refractivity contribution >= 4 is 34.6 Å². The molecule has 1 aromatic heterocycles. The Bertz CT molecular complexity index is 1570. The van der Waals surface area contributed by atoms with Gasteiger partial charge in [0.2, 0.25) is 10.9 Å². The first kappa shape index (κ1) is 35.1. The smallest absolute Gasteiger partial charge is 0.375 e. The third-order valence-corrected chi connectivity index (χ3v) is 11.7. The summed E-state index contributed by atoms with van der Waals surface area (Å²) in [5.74, 6) is 1.31. The molecule has 5 rings (SSSR count). The molecule has 0 spiro atoms. The molecule has 9 atom stereocenters. The molecule has 0 radical (unpaired) electrons. The molecular weight excluding hydrogens is 630 g/mol. The molecule has 3 saturated carbocycles. The molecule has 254 valence electrons. The first-order valence-electron chi connectivity index (χ1n) is 15.9. The molecule has 0 amide bonds. The Kier molecular flexibility index (Phi) is 9.21. The van der Waals surface area contributed by atoms with Crippen LogP contribution >= 0.6 is 11.8 Å². The molecule has 0 bridgehead atoms. The Balaban J connectivity index is 1.46. The van der Waals surface area contributed by atoms with E-state index in [0.717, 1.165) is 17.8 Å². The number of aliphatic hydroxyl groups excluding tert-OH is 1. The summed E-state index contributed by atoms with van der Waals surface area (Å²) in [4.78, 5) is 52.0. The Morgan fingerprint density at radius 3 is 2.55 bits per heavy atom. The van der Waals surface area contributed by atoms with Crippen molar-refractivity contribution in [2.75, 3.05) is 12.4 Å². The van der Waals surface area contributed by atoms with Crippen molar-refractivity contribution in [2.45, 2.75) is 90.8 Å². The Labute approximate surface area is 278 Å². The summed E-state index contributed by atoms with van der Waals surface area (Å²) in [6.45, 7) is 10.6. The van der Waals surface area contributed by atoms with E-state index in [1.54, 1.807) is 13.8 Å². The predicted molar refractivity (Wildman–Crippen MR) is 170 cm³/mol. The highest BCUT2D eigenvalue weighted by molar-refractivity contribution is 8.14. The number of hydrogen-bond acceptors (Lipinski definition) is 9. The maximum Gasteiger partial charge on any atom is 0.375 e. The molecule has 1 N–H and O–H groups in total. The van der Waals surface area contributed by atoms with Crippen LogP contribution in [-0.4, -0.2) is 63.8 Å². The molecule has 1 aromatic rings. The van der Waals surface area contributed by atoms with Crippen molar-refractivity contribution in [2.24, 2.45) is 34.0 Å². The number of furan rings is 1. The van der Waals surface area contributed by atoms with Gasteiger partial charge >= 0.3 is 11.9 Å². The average molecular weight is 673 g/mol. The van der Waals surface area contributed by atoms with E-state index in [-0.39, 0.29) is 60.8 Å². The number of carbonyl (C=O) groups is 4. The van der Waals surface area contributed by atoms with Crippen LogP contribution < -0.4 is 0 Å². The second kappa shape index (κ2) is 12.3. The van der Waals surface area contributed by atoms with E-state index in [9.17, 15) is 24.3 Å². The molecule has 0 unspecified atom stereocenters. The lowest BCUT2D eigenvalue weighted by Crippen LogP contribution is -2.70. The number of ether oxygens (including phenoxy) is 2. The van der Waals surface area contributed by atoms with Gasteiger partial charge in [-0.15, -0.1) is 0 Å². The third kappa shape index (κ3) is 5.69. The number of ketones is 1. The maximum absolute atomic E-state index is 17.7. The summed E-state index contributed by atoms with van der Waals surface area (Å²) in [7, 11) is 0. The Morgan fingerprint density at radius 1 is 1.17 bits per heavy atom. The SMILES string of the molecule is C[C@@H]1C[C@H]2[C@@H]3C[C@H](F)C4=CC(=O)C=C[C@]4(C)[C@@]3(F)[C@@H](O)C[C@]2(C)[C@@]1(OC(=O)c1ccco1)C(=O)SCC#CCOC(=O)CC(C)(C)C. The second-order valence-corrected chi connectivity index (χ2v) is 15.9. The number of rotatable bonds is 6. The van der Waals surface area contributed by atoms with E-state index in [2.05, 4.69) is 11.8 Å². The quantitative estimate of drug-likeness (QED) is 0.287. The lowest BCUT2D eigenvalue weighted by molar-refractivity contribution is -0.221. The number of alkyl halides is 2. The molecular formula is C36H42F2O8S. The molecule has 1 heterocycles. The van der Waals surface area contributed by atoms with Crippen molar-refractivity contribution in [3.8, 4) is 11.8 Å². The zero-order valence-corrected chi connectivity index (χ0v) is 28.4. The number of halogens is 2.